The van der Waals surface area contributed by atoms with Crippen molar-refractivity contribution >= 4 is 33.4 Å². The molecule has 0 saturated heterocycles. The normalized spacial score (nSPS) is 12.3. The Labute approximate surface area is 266 Å². The van der Waals surface area contributed by atoms with E-state index in [0.717, 1.165) is 16.6 Å². The lowest BCUT2D eigenvalue weighted by Crippen LogP contribution is -2.41. The van der Waals surface area contributed by atoms with Crippen LogP contribution in [0.15, 0.2) is 40.9 Å². The molecule has 14 heteroatoms. The maximum atomic E-state index is 12.8. The Hall–Kier alpha value is -3.30. The number of aliphatic hydroxyl groups excluding tert-OH is 1. The molecule has 0 aliphatic rings. The SMILES string of the molecule is CNCCOCCOCCNC(=O)C[C@H](Cc1ccc(Br)cc1)NC(=O)CCCOc1cc([N+](=O)[O-])c(C(C)O)cc1OC. The van der Waals surface area contributed by atoms with E-state index < -0.39 is 17.1 Å². The number of carbonyl (C=O) groups excluding carboxylic acids is 2. The third-order valence-corrected chi connectivity index (χ3v) is 6.92. The van der Waals surface area contributed by atoms with Gasteiger partial charge in [-0.3, -0.25) is 19.7 Å². The maximum absolute atomic E-state index is 12.8. The number of methoxy groups -OCH3 is 1. The minimum Gasteiger partial charge on any atom is -0.493 e. The van der Waals surface area contributed by atoms with Crippen molar-refractivity contribution in [2.45, 2.75) is 44.8 Å². The standard InChI is InChI=1S/C30H43BrN4O9/c1-21(36)25-19-27(41-3)28(20-26(25)35(39)40)44-12-4-5-29(37)34-24(17-22-6-8-23(31)9-7-22)18-30(38)33-11-14-43-16-15-42-13-10-32-2/h6-9,19-21,24,32,36H,4-5,10-18H2,1-3H3,(H,33,38)(H,34,37)/t21?,24-/m0/s1. The van der Waals surface area contributed by atoms with E-state index in [1.807, 2.05) is 31.3 Å². The molecular formula is C30H43BrN4O9. The first-order valence-corrected chi connectivity index (χ1v) is 15.2. The van der Waals surface area contributed by atoms with Crippen LogP contribution in [0.4, 0.5) is 5.69 Å². The molecule has 0 bridgehead atoms. The number of rotatable bonds is 22. The van der Waals surface area contributed by atoms with Crippen LogP contribution in [0, 0.1) is 10.1 Å². The minimum atomic E-state index is -1.07. The van der Waals surface area contributed by atoms with Gasteiger partial charge in [0.15, 0.2) is 11.5 Å². The number of nitro groups is 1. The molecule has 0 saturated carbocycles. The number of amides is 2. The van der Waals surface area contributed by atoms with E-state index in [4.69, 9.17) is 18.9 Å². The number of carbonyl (C=O) groups is 2. The lowest BCUT2D eigenvalue weighted by Gasteiger charge is -2.19. The second-order valence-electron chi connectivity index (χ2n) is 9.92. The molecule has 13 nitrogen and oxygen atoms in total. The van der Waals surface area contributed by atoms with Crippen LogP contribution in [0.5, 0.6) is 11.5 Å². The number of benzene rings is 2. The van der Waals surface area contributed by atoms with E-state index >= 15 is 0 Å². The average molecular weight is 684 g/mol. The molecule has 244 valence electrons. The van der Waals surface area contributed by atoms with Crippen LogP contribution in [-0.4, -0.2) is 88.2 Å². The number of nitro benzene ring substituents is 1. The molecular weight excluding hydrogens is 640 g/mol. The van der Waals surface area contributed by atoms with E-state index in [0.29, 0.717) is 45.8 Å². The number of halogens is 1. The van der Waals surface area contributed by atoms with Gasteiger partial charge in [-0.2, -0.15) is 0 Å². The van der Waals surface area contributed by atoms with E-state index in [9.17, 15) is 24.8 Å². The van der Waals surface area contributed by atoms with Crippen molar-refractivity contribution < 1.29 is 38.6 Å². The molecule has 0 heterocycles. The summed E-state index contributed by atoms with van der Waals surface area (Å²) in [5, 5.41) is 30.1. The summed E-state index contributed by atoms with van der Waals surface area (Å²) in [5.74, 6) is -0.0923. The van der Waals surface area contributed by atoms with E-state index in [-0.39, 0.29) is 54.0 Å². The third-order valence-electron chi connectivity index (χ3n) is 6.39. The summed E-state index contributed by atoms with van der Waals surface area (Å²) in [5.41, 5.74) is 0.784. The Morgan fingerprint density at radius 1 is 1.00 bits per heavy atom. The molecule has 2 rings (SSSR count). The van der Waals surface area contributed by atoms with Gasteiger partial charge in [0.25, 0.3) is 5.69 Å². The molecule has 2 aromatic carbocycles. The largest absolute Gasteiger partial charge is 0.493 e. The fraction of sp³-hybridized carbons (Fsp3) is 0.533. The summed E-state index contributed by atoms with van der Waals surface area (Å²) in [6.45, 7) is 4.48. The van der Waals surface area contributed by atoms with Crippen molar-refractivity contribution in [2.24, 2.45) is 0 Å². The molecule has 4 N–H and O–H groups in total. The summed E-state index contributed by atoms with van der Waals surface area (Å²) in [7, 11) is 3.25. The van der Waals surface area contributed by atoms with Gasteiger partial charge in [0.1, 0.15) is 0 Å². The number of nitrogens with one attached hydrogen (secondary N) is 3. The number of aliphatic hydroxyl groups is 1. The highest BCUT2D eigenvalue weighted by molar-refractivity contribution is 9.10. The Bertz CT molecular complexity index is 1180. The van der Waals surface area contributed by atoms with Crippen LogP contribution in [0.25, 0.3) is 0 Å². The molecule has 0 fully saturated rings. The Balaban J connectivity index is 1.87. The fourth-order valence-corrected chi connectivity index (χ4v) is 4.44. The molecule has 2 atom stereocenters. The highest BCUT2D eigenvalue weighted by Crippen LogP contribution is 2.37. The average Bonchev–Trinajstić information content (AvgIpc) is 2.99. The highest BCUT2D eigenvalue weighted by atomic mass is 79.9. The van der Waals surface area contributed by atoms with Crippen molar-refractivity contribution in [1.82, 2.24) is 16.0 Å². The first-order chi connectivity index (χ1) is 21.1. The number of likely N-dealkylation sites (N-methyl/N-ethyl adjacent to an activating group) is 1. The van der Waals surface area contributed by atoms with Gasteiger partial charge in [0, 0.05) is 36.4 Å². The smallest absolute Gasteiger partial charge is 0.279 e. The Morgan fingerprint density at radius 2 is 1.68 bits per heavy atom. The predicted molar refractivity (Wildman–Crippen MR) is 168 cm³/mol. The van der Waals surface area contributed by atoms with Crippen molar-refractivity contribution in [2.75, 3.05) is 60.3 Å². The molecule has 2 amide bonds. The van der Waals surface area contributed by atoms with E-state index in [1.54, 1.807) is 0 Å². The number of nitrogens with zero attached hydrogens (tertiary/aromatic N) is 1. The highest BCUT2D eigenvalue weighted by Gasteiger charge is 2.23. The molecule has 0 aliphatic heterocycles. The van der Waals surface area contributed by atoms with E-state index in [2.05, 4.69) is 31.9 Å². The molecule has 0 radical (unpaired) electrons. The first-order valence-electron chi connectivity index (χ1n) is 14.4. The predicted octanol–water partition coefficient (Wildman–Crippen LogP) is 3.06. The summed E-state index contributed by atoms with van der Waals surface area (Å²) in [6, 6.07) is 9.79. The van der Waals surface area contributed by atoms with Crippen molar-refractivity contribution in [3.05, 3.63) is 62.1 Å². The zero-order valence-corrected chi connectivity index (χ0v) is 27.0. The van der Waals surface area contributed by atoms with Gasteiger partial charge >= 0.3 is 0 Å². The molecule has 2 aromatic rings. The zero-order valence-electron chi connectivity index (χ0n) is 25.4. The van der Waals surface area contributed by atoms with Crippen LogP contribution in [-0.2, 0) is 25.5 Å². The summed E-state index contributed by atoms with van der Waals surface area (Å²) in [6.07, 6.45) is -0.101. The van der Waals surface area contributed by atoms with Gasteiger partial charge in [-0.1, -0.05) is 28.1 Å². The van der Waals surface area contributed by atoms with Gasteiger partial charge in [-0.25, -0.2) is 0 Å². The quantitative estimate of drug-likeness (QED) is 0.0822. The Kier molecular flexibility index (Phi) is 17.3. The van der Waals surface area contributed by atoms with Crippen molar-refractivity contribution in [1.29, 1.82) is 0 Å². The first kappa shape index (κ1) is 36.9. The van der Waals surface area contributed by atoms with Gasteiger partial charge in [0.05, 0.1) is 62.8 Å². The van der Waals surface area contributed by atoms with Crippen LogP contribution in [0.3, 0.4) is 0 Å². The van der Waals surface area contributed by atoms with Gasteiger partial charge in [-0.05, 0) is 50.6 Å². The summed E-state index contributed by atoms with van der Waals surface area (Å²) in [4.78, 5) is 36.3. The van der Waals surface area contributed by atoms with Crippen LogP contribution in [0.1, 0.15) is 43.4 Å². The molecule has 0 spiro atoms. The van der Waals surface area contributed by atoms with Crippen LogP contribution in [0.2, 0.25) is 0 Å². The summed E-state index contributed by atoms with van der Waals surface area (Å²) >= 11 is 3.42. The molecule has 0 aliphatic carbocycles. The maximum Gasteiger partial charge on any atom is 0.279 e. The number of hydrogen-bond donors (Lipinski definition) is 4. The number of hydrogen-bond acceptors (Lipinski definition) is 10. The topological polar surface area (TPSA) is 171 Å². The van der Waals surface area contributed by atoms with E-state index in [1.165, 1.54) is 26.2 Å². The third kappa shape index (κ3) is 14.0. The molecule has 44 heavy (non-hydrogen) atoms. The van der Waals surface area contributed by atoms with Gasteiger partial charge in [0.2, 0.25) is 11.8 Å². The summed E-state index contributed by atoms with van der Waals surface area (Å²) < 4.78 is 22.8. The molecule has 1 unspecified atom stereocenters. The lowest BCUT2D eigenvalue weighted by molar-refractivity contribution is -0.386. The van der Waals surface area contributed by atoms with Crippen molar-refractivity contribution in [3.63, 3.8) is 0 Å². The van der Waals surface area contributed by atoms with Gasteiger partial charge in [-0.15, -0.1) is 0 Å². The monoisotopic (exact) mass is 682 g/mol. The second-order valence-corrected chi connectivity index (χ2v) is 10.8. The van der Waals surface area contributed by atoms with Crippen LogP contribution < -0.4 is 25.4 Å². The molecule has 0 aromatic heterocycles. The minimum absolute atomic E-state index is 0.0852. The lowest BCUT2D eigenvalue weighted by atomic mass is 10.0. The zero-order chi connectivity index (χ0) is 32.3. The second kappa shape index (κ2) is 20.6. The number of ether oxygens (including phenoxy) is 4. The Morgan fingerprint density at radius 3 is 2.30 bits per heavy atom. The van der Waals surface area contributed by atoms with Gasteiger partial charge < -0.3 is 40.0 Å². The fourth-order valence-electron chi connectivity index (χ4n) is 4.18. The van der Waals surface area contributed by atoms with Crippen molar-refractivity contribution in [3.8, 4) is 11.5 Å². The van der Waals surface area contributed by atoms with Crippen LogP contribution >= 0.6 is 15.9 Å².